The van der Waals surface area contributed by atoms with Crippen LogP contribution in [-0.2, 0) is 0 Å². The summed E-state index contributed by atoms with van der Waals surface area (Å²) in [6, 6.07) is 40.6. The van der Waals surface area contributed by atoms with Crippen LogP contribution in [0.5, 0.6) is 0 Å². The Morgan fingerprint density at radius 3 is 1.65 bits per heavy atom. The van der Waals surface area contributed by atoms with Gasteiger partial charge < -0.3 is 4.90 Å². The predicted octanol–water partition coefficient (Wildman–Crippen LogP) is 7.46. The summed E-state index contributed by atoms with van der Waals surface area (Å²) in [4.78, 5) is 2.02. The molecule has 0 unspecified atom stereocenters. The first-order valence-electron chi connectivity index (χ1n) is 11.4. The smallest absolute Gasteiger partial charge is 0.101 e. The molecule has 0 radical (unpaired) electrons. The average Bonchev–Trinajstić information content (AvgIpc) is 2.97. The van der Waals surface area contributed by atoms with Gasteiger partial charge in [-0.25, -0.2) is 0 Å². The first-order valence-corrected chi connectivity index (χ1v) is 11.4. The molecule has 0 N–H and O–H groups in total. The second kappa shape index (κ2) is 9.77. The monoisotopic (exact) mass is 471 g/mol. The number of hydrogen-bond acceptors (Lipinski definition) is 5. The molecule has 0 bridgehead atoms. The van der Waals surface area contributed by atoms with Gasteiger partial charge in [-0.3, -0.25) is 0 Å². The first kappa shape index (κ1) is 22.9. The van der Waals surface area contributed by atoms with Gasteiger partial charge in [-0.05, 0) is 65.7 Å². The van der Waals surface area contributed by atoms with Gasteiger partial charge in [-0.15, -0.1) is 0 Å². The van der Waals surface area contributed by atoms with Crippen molar-refractivity contribution in [3.63, 3.8) is 0 Å². The third kappa shape index (κ3) is 4.22. The van der Waals surface area contributed by atoms with Gasteiger partial charge in [0.05, 0.1) is 40.1 Å². The maximum atomic E-state index is 9.66. The van der Waals surface area contributed by atoms with Crippen LogP contribution >= 0.6 is 0 Å². The molecular formula is C32H17N5. The summed E-state index contributed by atoms with van der Waals surface area (Å²) in [5.74, 6) is 0. The lowest BCUT2D eigenvalue weighted by atomic mass is 10.0. The van der Waals surface area contributed by atoms with Crippen molar-refractivity contribution in [1.29, 1.82) is 21.0 Å². The Hall–Kier alpha value is -5.88. The van der Waals surface area contributed by atoms with E-state index < -0.39 is 0 Å². The molecule has 5 heteroatoms. The van der Waals surface area contributed by atoms with E-state index in [1.54, 1.807) is 30.3 Å². The van der Waals surface area contributed by atoms with Crippen LogP contribution in [0, 0.1) is 45.3 Å². The molecule has 37 heavy (non-hydrogen) atoms. The normalized spacial score (nSPS) is 10.1. The third-order valence-electron chi connectivity index (χ3n) is 6.24. The van der Waals surface area contributed by atoms with E-state index in [4.69, 9.17) is 5.26 Å². The average molecular weight is 472 g/mol. The standard InChI is InChI=1S/C32H17N5/c33-18-22-5-7-23(8-6-22)24-9-13-28(14-10-24)37(29-15-11-25(19-34)27(17-29)21-36)32-16-12-26(20-35)30-3-1-2-4-31(30)32/h1-17H. The lowest BCUT2D eigenvalue weighted by Gasteiger charge is -2.27. The van der Waals surface area contributed by atoms with Crippen LogP contribution < -0.4 is 4.90 Å². The van der Waals surface area contributed by atoms with Crippen molar-refractivity contribution >= 4 is 27.8 Å². The zero-order chi connectivity index (χ0) is 25.8. The second-order valence-electron chi connectivity index (χ2n) is 8.31. The highest BCUT2D eigenvalue weighted by Gasteiger charge is 2.18. The molecule has 0 aliphatic heterocycles. The Bertz CT molecular complexity index is 1810. The fourth-order valence-corrected chi connectivity index (χ4v) is 4.40. The molecule has 0 saturated heterocycles. The number of rotatable bonds is 4. The Labute approximate surface area is 214 Å². The van der Waals surface area contributed by atoms with Crippen molar-refractivity contribution in [2.24, 2.45) is 0 Å². The molecular weight excluding hydrogens is 454 g/mol. The number of benzene rings is 5. The SMILES string of the molecule is N#Cc1ccc(-c2ccc(N(c3ccc(C#N)c(C#N)c3)c3ccc(C#N)c4ccccc34)cc2)cc1. The highest BCUT2D eigenvalue weighted by Crippen LogP contribution is 2.40. The molecule has 170 valence electrons. The first-order chi connectivity index (χ1) is 18.2. The zero-order valence-corrected chi connectivity index (χ0v) is 19.6. The highest BCUT2D eigenvalue weighted by molar-refractivity contribution is 6.01. The summed E-state index contributed by atoms with van der Waals surface area (Å²) in [5, 5.41) is 39.5. The molecule has 5 aromatic rings. The number of nitriles is 4. The molecule has 0 aromatic heterocycles. The molecule has 0 atom stereocenters. The number of nitrogens with zero attached hydrogens (tertiary/aromatic N) is 5. The molecule has 5 rings (SSSR count). The minimum atomic E-state index is 0.289. The van der Waals surface area contributed by atoms with Crippen molar-refractivity contribution in [2.75, 3.05) is 4.90 Å². The van der Waals surface area contributed by atoms with E-state index in [1.165, 1.54) is 0 Å². The summed E-state index contributed by atoms with van der Waals surface area (Å²) in [7, 11) is 0. The van der Waals surface area contributed by atoms with Gasteiger partial charge in [0.2, 0.25) is 0 Å². The van der Waals surface area contributed by atoms with Gasteiger partial charge in [-0.1, -0.05) is 48.5 Å². The molecule has 0 aliphatic carbocycles. The van der Waals surface area contributed by atoms with Crippen LogP contribution in [0.2, 0.25) is 0 Å². The van der Waals surface area contributed by atoms with Crippen molar-refractivity contribution in [1.82, 2.24) is 0 Å². The van der Waals surface area contributed by atoms with Crippen LogP contribution in [0.25, 0.3) is 21.9 Å². The van der Waals surface area contributed by atoms with Crippen LogP contribution in [0.15, 0.2) is 103 Å². The van der Waals surface area contributed by atoms with Gasteiger partial charge in [0, 0.05) is 22.1 Å². The molecule has 0 spiro atoms. The predicted molar refractivity (Wildman–Crippen MR) is 143 cm³/mol. The van der Waals surface area contributed by atoms with E-state index >= 15 is 0 Å². The Kier molecular flexibility index (Phi) is 6.05. The summed E-state index contributed by atoms with van der Waals surface area (Å²) in [6.07, 6.45) is 0. The second-order valence-corrected chi connectivity index (χ2v) is 8.31. The van der Waals surface area contributed by atoms with Crippen molar-refractivity contribution in [2.45, 2.75) is 0 Å². The molecule has 0 saturated carbocycles. The van der Waals surface area contributed by atoms with Gasteiger partial charge in [0.15, 0.2) is 0 Å². The lowest BCUT2D eigenvalue weighted by Crippen LogP contribution is -2.11. The fourth-order valence-electron chi connectivity index (χ4n) is 4.40. The van der Waals surface area contributed by atoms with E-state index in [1.807, 2.05) is 77.7 Å². The summed E-state index contributed by atoms with van der Waals surface area (Å²) < 4.78 is 0. The zero-order valence-electron chi connectivity index (χ0n) is 19.6. The quantitative estimate of drug-likeness (QED) is 0.271. The molecule has 0 heterocycles. The molecule has 0 aliphatic rings. The molecule has 0 amide bonds. The number of fused-ring (bicyclic) bond motifs is 1. The Balaban J connectivity index is 1.70. The Morgan fingerprint density at radius 1 is 0.459 bits per heavy atom. The highest BCUT2D eigenvalue weighted by atomic mass is 15.1. The fraction of sp³-hybridized carbons (Fsp3) is 0. The van der Waals surface area contributed by atoms with Gasteiger partial charge >= 0.3 is 0 Å². The topological polar surface area (TPSA) is 98.4 Å². The van der Waals surface area contributed by atoms with E-state index in [0.717, 1.165) is 39.0 Å². The van der Waals surface area contributed by atoms with Crippen LogP contribution in [-0.4, -0.2) is 0 Å². The molecule has 5 nitrogen and oxygen atoms in total. The Morgan fingerprint density at radius 2 is 1.03 bits per heavy atom. The van der Waals surface area contributed by atoms with E-state index in [-0.39, 0.29) is 5.56 Å². The summed E-state index contributed by atoms with van der Waals surface area (Å²) in [6.45, 7) is 0. The minimum Gasteiger partial charge on any atom is -0.310 e. The lowest BCUT2D eigenvalue weighted by molar-refractivity contribution is 1.28. The van der Waals surface area contributed by atoms with Crippen molar-refractivity contribution in [3.05, 3.63) is 125 Å². The molecule has 0 fully saturated rings. The maximum absolute atomic E-state index is 9.66. The van der Waals surface area contributed by atoms with Crippen LogP contribution in [0.1, 0.15) is 22.3 Å². The van der Waals surface area contributed by atoms with Crippen LogP contribution in [0.3, 0.4) is 0 Å². The van der Waals surface area contributed by atoms with E-state index in [0.29, 0.717) is 16.7 Å². The van der Waals surface area contributed by atoms with E-state index in [2.05, 4.69) is 24.3 Å². The number of hydrogen-bond donors (Lipinski definition) is 0. The van der Waals surface area contributed by atoms with Gasteiger partial charge in [0.1, 0.15) is 12.1 Å². The largest absolute Gasteiger partial charge is 0.310 e. The van der Waals surface area contributed by atoms with E-state index in [9.17, 15) is 15.8 Å². The van der Waals surface area contributed by atoms with Crippen molar-refractivity contribution < 1.29 is 0 Å². The summed E-state index contributed by atoms with van der Waals surface area (Å²) >= 11 is 0. The third-order valence-corrected chi connectivity index (χ3v) is 6.24. The minimum absolute atomic E-state index is 0.289. The number of anilines is 3. The molecule has 5 aromatic carbocycles. The van der Waals surface area contributed by atoms with Crippen molar-refractivity contribution in [3.8, 4) is 35.4 Å². The van der Waals surface area contributed by atoms with Crippen LogP contribution in [0.4, 0.5) is 17.1 Å². The maximum Gasteiger partial charge on any atom is 0.101 e. The van der Waals surface area contributed by atoms with Gasteiger partial charge in [-0.2, -0.15) is 21.0 Å². The van der Waals surface area contributed by atoms with Gasteiger partial charge in [0.25, 0.3) is 0 Å². The summed E-state index contributed by atoms with van der Waals surface area (Å²) in [5.41, 5.74) is 6.18.